The molecule has 1 aliphatic heterocycles. The predicted octanol–water partition coefficient (Wildman–Crippen LogP) is 0.217. The van der Waals surface area contributed by atoms with Crippen molar-refractivity contribution >= 4 is 5.91 Å². The molecule has 1 amide bonds. The highest BCUT2D eigenvalue weighted by Crippen LogP contribution is 2.17. The maximum absolute atomic E-state index is 11.2. The van der Waals surface area contributed by atoms with Crippen LogP contribution in [0.2, 0.25) is 0 Å². The van der Waals surface area contributed by atoms with Gasteiger partial charge in [0.2, 0.25) is 5.91 Å². The number of carbonyl (C=O) groups is 1. The minimum Gasteiger partial charge on any atom is -0.338 e. The zero-order chi connectivity index (χ0) is 8.27. The Morgan fingerprint density at radius 2 is 2.45 bits per heavy atom. The fraction of sp³-hybridized carbons (Fsp3) is 0.875. The number of nitrogens with zero attached hydrogens (tertiary/aromatic N) is 1. The van der Waals surface area contributed by atoms with Crippen molar-refractivity contribution in [2.45, 2.75) is 25.8 Å². The highest BCUT2D eigenvalue weighted by Gasteiger charge is 2.29. The number of nitrogens with one attached hydrogen (secondary N) is 1. The van der Waals surface area contributed by atoms with Crippen LogP contribution in [0.15, 0.2) is 0 Å². The van der Waals surface area contributed by atoms with Gasteiger partial charge in [-0.2, -0.15) is 0 Å². The van der Waals surface area contributed by atoms with Crippen LogP contribution in [0.5, 0.6) is 0 Å². The SMILES string of the molecule is CCC(=O)N1CCC1CNC. The molecule has 1 atom stereocenters. The number of hydrogen-bond acceptors (Lipinski definition) is 2. The van der Waals surface area contributed by atoms with E-state index in [1.165, 1.54) is 0 Å². The topological polar surface area (TPSA) is 32.3 Å². The van der Waals surface area contributed by atoms with Gasteiger partial charge in [-0.15, -0.1) is 0 Å². The summed E-state index contributed by atoms with van der Waals surface area (Å²) in [5.74, 6) is 0.288. The second kappa shape index (κ2) is 3.72. The average Bonchev–Trinajstić information content (AvgIpc) is 1.98. The Morgan fingerprint density at radius 3 is 2.82 bits per heavy atom. The quantitative estimate of drug-likeness (QED) is 0.634. The molecular formula is C8H16N2O. The Morgan fingerprint density at radius 1 is 1.73 bits per heavy atom. The van der Waals surface area contributed by atoms with Gasteiger partial charge < -0.3 is 10.2 Å². The van der Waals surface area contributed by atoms with Crippen LogP contribution < -0.4 is 5.32 Å². The summed E-state index contributed by atoms with van der Waals surface area (Å²) in [6.45, 7) is 3.81. The maximum atomic E-state index is 11.2. The molecule has 3 heteroatoms. The number of rotatable bonds is 3. The number of amides is 1. The van der Waals surface area contributed by atoms with Gasteiger partial charge in [-0.25, -0.2) is 0 Å². The smallest absolute Gasteiger partial charge is 0.222 e. The van der Waals surface area contributed by atoms with E-state index in [-0.39, 0.29) is 5.91 Å². The lowest BCUT2D eigenvalue weighted by atomic mass is 10.0. The van der Waals surface area contributed by atoms with E-state index in [2.05, 4.69) is 5.32 Å². The van der Waals surface area contributed by atoms with E-state index in [0.717, 1.165) is 19.5 Å². The summed E-state index contributed by atoms with van der Waals surface area (Å²) >= 11 is 0. The average molecular weight is 156 g/mol. The number of hydrogen-bond donors (Lipinski definition) is 1. The molecule has 1 unspecified atom stereocenters. The Kier molecular flexibility index (Phi) is 2.88. The van der Waals surface area contributed by atoms with Gasteiger partial charge in [0.25, 0.3) is 0 Å². The third kappa shape index (κ3) is 1.71. The van der Waals surface area contributed by atoms with Crippen molar-refractivity contribution in [1.29, 1.82) is 0 Å². The number of likely N-dealkylation sites (tertiary alicyclic amines) is 1. The van der Waals surface area contributed by atoms with Crippen LogP contribution in [0.1, 0.15) is 19.8 Å². The second-order valence-corrected chi connectivity index (χ2v) is 2.94. The van der Waals surface area contributed by atoms with E-state index in [4.69, 9.17) is 0 Å². The van der Waals surface area contributed by atoms with Crippen LogP contribution in [0, 0.1) is 0 Å². The molecule has 64 valence electrons. The van der Waals surface area contributed by atoms with E-state index in [1.807, 2.05) is 18.9 Å². The van der Waals surface area contributed by atoms with Crippen LogP contribution in [-0.2, 0) is 4.79 Å². The molecule has 3 nitrogen and oxygen atoms in total. The molecule has 1 aliphatic rings. The van der Waals surface area contributed by atoms with Crippen LogP contribution in [-0.4, -0.2) is 37.0 Å². The molecule has 1 fully saturated rings. The third-order valence-corrected chi connectivity index (χ3v) is 2.21. The molecule has 1 saturated heterocycles. The third-order valence-electron chi connectivity index (χ3n) is 2.21. The minimum atomic E-state index is 0.288. The fourth-order valence-corrected chi connectivity index (χ4v) is 1.42. The second-order valence-electron chi connectivity index (χ2n) is 2.94. The normalized spacial score (nSPS) is 23.1. The molecule has 0 aromatic carbocycles. The molecule has 1 N–H and O–H groups in total. The highest BCUT2D eigenvalue weighted by molar-refractivity contribution is 5.77. The molecule has 0 bridgehead atoms. The Labute approximate surface area is 67.8 Å². The van der Waals surface area contributed by atoms with Gasteiger partial charge >= 0.3 is 0 Å². The first-order valence-corrected chi connectivity index (χ1v) is 4.23. The van der Waals surface area contributed by atoms with Gasteiger partial charge in [0.1, 0.15) is 0 Å². The zero-order valence-corrected chi connectivity index (χ0v) is 7.26. The summed E-state index contributed by atoms with van der Waals surface area (Å²) in [5.41, 5.74) is 0. The van der Waals surface area contributed by atoms with Crippen molar-refractivity contribution in [3.63, 3.8) is 0 Å². The summed E-state index contributed by atoms with van der Waals surface area (Å²) in [6, 6.07) is 0.465. The molecule has 0 aromatic rings. The Bertz CT molecular complexity index is 147. The molecule has 1 heterocycles. The van der Waals surface area contributed by atoms with Crippen molar-refractivity contribution in [3.8, 4) is 0 Å². The molecule has 0 aliphatic carbocycles. The van der Waals surface area contributed by atoms with Gasteiger partial charge in [-0.1, -0.05) is 6.92 Å². The van der Waals surface area contributed by atoms with Crippen molar-refractivity contribution < 1.29 is 4.79 Å². The van der Waals surface area contributed by atoms with E-state index >= 15 is 0 Å². The summed E-state index contributed by atoms with van der Waals surface area (Å²) < 4.78 is 0. The first-order valence-electron chi connectivity index (χ1n) is 4.23. The minimum absolute atomic E-state index is 0.288. The largest absolute Gasteiger partial charge is 0.338 e. The van der Waals surface area contributed by atoms with Gasteiger partial charge in [0, 0.05) is 25.6 Å². The number of likely N-dealkylation sites (N-methyl/N-ethyl adjacent to an activating group) is 1. The first kappa shape index (κ1) is 8.53. The van der Waals surface area contributed by atoms with Crippen LogP contribution in [0.25, 0.3) is 0 Å². The highest BCUT2D eigenvalue weighted by atomic mass is 16.2. The Balaban J connectivity index is 2.30. The summed E-state index contributed by atoms with van der Waals surface area (Å²) in [4.78, 5) is 13.1. The van der Waals surface area contributed by atoms with Gasteiger partial charge in [0.15, 0.2) is 0 Å². The molecule has 0 radical (unpaired) electrons. The molecular weight excluding hydrogens is 140 g/mol. The van der Waals surface area contributed by atoms with E-state index in [0.29, 0.717) is 12.5 Å². The lowest BCUT2D eigenvalue weighted by Crippen LogP contribution is -2.54. The van der Waals surface area contributed by atoms with E-state index in [1.54, 1.807) is 0 Å². The van der Waals surface area contributed by atoms with Crippen molar-refractivity contribution in [2.75, 3.05) is 20.1 Å². The zero-order valence-electron chi connectivity index (χ0n) is 7.26. The fourth-order valence-electron chi connectivity index (χ4n) is 1.42. The molecule has 0 saturated carbocycles. The standard InChI is InChI=1S/C8H16N2O/c1-3-8(11)10-5-4-7(10)6-9-2/h7,9H,3-6H2,1-2H3. The van der Waals surface area contributed by atoms with Crippen LogP contribution in [0.3, 0.4) is 0 Å². The monoisotopic (exact) mass is 156 g/mol. The van der Waals surface area contributed by atoms with Crippen molar-refractivity contribution in [2.24, 2.45) is 0 Å². The summed E-state index contributed by atoms with van der Waals surface area (Å²) in [5, 5.41) is 3.08. The first-order chi connectivity index (χ1) is 5.29. The van der Waals surface area contributed by atoms with Crippen LogP contribution >= 0.6 is 0 Å². The van der Waals surface area contributed by atoms with Crippen LogP contribution in [0.4, 0.5) is 0 Å². The van der Waals surface area contributed by atoms with Gasteiger partial charge in [0.05, 0.1) is 0 Å². The lowest BCUT2D eigenvalue weighted by molar-refractivity contribution is -0.138. The predicted molar refractivity (Wildman–Crippen MR) is 44.3 cm³/mol. The van der Waals surface area contributed by atoms with Gasteiger partial charge in [-0.3, -0.25) is 4.79 Å². The molecule has 1 rings (SSSR count). The lowest BCUT2D eigenvalue weighted by Gasteiger charge is -2.40. The summed E-state index contributed by atoms with van der Waals surface area (Å²) in [6.07, 6.45) is 1.80. The molecule has 0 aromatic heterocycles. The number of carbonyl (C=O) groups excluding carboxylic acids is 1. The van der Waals surface area contributed by atoms with E-state index < -0.39 is 0 Å². The van der Waals surface area contributed by atoms with Crippen molar-refractivity contribution in [1.82, 2.24) is 10.2 Å². The van der Waals surface area contributed by atoms with Crippen molar-refractivity contribution in [3.05, 3.63) is 0 Å². The van der Waals surface area contributed by atoms with E-state index in [9.17, 15) is 4.79 Å². The summed E-state index contributed by atoms with van der Waals surface area (Å²) in [7, 11) is 1.92. The van der Waals surface area contributed by atoms with Gasteiger partial charge in [-0.05, 0) is 13.5 Å². The maximum Gasteiger partial charge on any atom is 0.222 e. The molecule has 0 spiro atoms. The molecule has 11 heavy (non-hydrogen) atoms. The Hall–Kier alpha value is -0.570.